The Morgan fingerprint density at radius 3 is 2.81 bits per heavy atom. The first-order valence-corrected chi connectivity index (χ1v) is 5.98. The lowest BCUT2D eigenvalue weighted by Crippen LogP contribution is -2.37. The zero-order valence-electron chi connectivity index (χ0n) is 9.89. The summed E-state index contributed by atoms with van der Waals surface area (Å²) in [5, 5.41) is 13.7. The fourth-order valence-corrected chi connectivity index (χ4v) is 2.44. The molecule has 1 heterocycles. The van der Waals surface area contributed by atoms with Gasteiger partial charge in [0.25, 0.3) is 0 Å². The summed E-state index contributed by atoms with van der Waals surface area (Å²) in [7, 11) is 1.92. The summed E-state index contributed by atoms with van der Waals surface area (Å²) in [5.41, 5.74) is 7.03. The summed E-state index contributed by atoms with van der Waals surface area (Å²) < 4.78 is 1.82. The molecule has 1 aliphatic carbocycles. The molecular formula is C12H21N3O. The van der Waals surface area contributed by atoms with Crippen molar-refractivity contribution in [2.75, 3.05) is 13.2 Å². The molecule has 0 radical (unpaired) electrons. The molecule has 90 valence electrons. The molecule has 1 aromatic heterocycles. The van der Waals surface area contributed by atoms with Crippen molar-refractivity contribution in [3.05, 3.63) is 18.0 Å². The van der Waals surface area contributed by atoms with E-state index in [0.717, 1.165) is 12.8 Å². The Hall–Kier alpha value is -0.870. The first-order chi connectivity index (χ1) is 7.70. The summed E-state index contributed by atoms with van der Waals surface area (Å²) in [6, 6.07) is 0. The van der Waals surface area contributed by atoms with Crippen LogP contribution in [0.1, 0.15) is 24.8 Å². The van der Waals surface area contributed by atoms with Crippen molar-refractivity contribution < 1.29 is 5.11 Å². The van der Waals surface area contributed by atoms with E-state index in [2.05, 4.69) is 5.10 Å². The third kappa shape index (κ3) is 2.28. The predicted molar refractivity (Wildman–Crippen MR) is 62.8 cm³/mol. The van der Waals surface area contributed by atoms with Gasteiger partial charge in [-0.3, -0.25) is 4.68 Å². The fraction of sp³-hybridized carbons (Fsp3) is 0.750. The number of rotatable bonds is 6. The second kappa shape index (κ2) is 4.55. The van der Waals surface area contributed by atoms with Crippen LogP contribution in [0.15, 0.2) is 12.4 Å². The van der Waals surface area contributed by atoms with Crippen LogP contribution in [0.3, 0.4) is 0 Å². The standard InChI is InChI=1S/C12H21N3O/c1-15-7-10(6-14-15)4-5-12(8-13,9-16)11-2-3-11/h6-7,11,16H,2-5,8-9,13H2,1H3. The molecule has 4 heteroatoms. The largest absolute Gasteiger partial charge is 0.396 e. The smallest absolute Gasteiger partial charge is 0.0521 e. The normalized spacial score (nSPS) is 19.7. The highest BCUT2D eigenvalue weighted by atomic mass is 16.3. The summed E-state index contributed by atoms with van der Waals surface area (Å²) in [4.78, 5) is 0. The minimum Gasteiger partial charge on any atom is -0.396 e. The number of aliphatic hydroxyl groups is 1. The minimum absolute atomic E-state index is 0.0458. The van der Waals surface area contributed by atoms with Crippen LogP contribution in [0, 0.1) is 11.3 Å². The van der Waals surface area contributed by atoms with Crippen LogP contribution in [0.25, 0.3) is 0 Å². The van der Waals surface area contributed by atoms with E-state index in [0.29, 0.717) is 12.5 Å². The highest BCUT2D eigenvalue weighted by Gasteiger charge is 2.43. The Bertz CT molecular complexity index is 340. The molecule has 0 saturated heterocycles. The van der Waals surface area contributed by atoms with Crippen molar-refractivity contribution in [3.63, 3.8) is 0 Å². The van der Waals surface area contributed by atoms with Crippen molar-refractivity contribution in [3.8, 4) is 0 Å². The molecule has 3 N–H and O–H groups in total. The van der Waals surface area contributed by atoms with Crippen LogP contribution in [0.4, 0.5) is 0 Å². The summed E-state index contributed by atoms with van der Waals surface area (Å²) in [5.74, 6) is 0.638. The van der Waals surface area contributed by atoms with Crippen LogP contribution in [0.5, 0.6) is 0 Å². The molecule has 0 bridgehead atoms. The van der Waals surface area contributed by atoms with Gasteiger partial charge in [-0.1, -0.05) is 0 Å². The maximum atomic E-state index is 9.57. The van der Waals surface area contributed by atoms with E-state index in [9.17, 15) is 5.11 Å². The molecule has 2 rings (SSSR count). The van der Waals surface area contributed by atoms with Crippen molar-refractivity contribution in [1.29, 1.82) is 0 Å². The molecule has 1 aromatic rings. The Balaban J connectivity index is 1.96. The first kappa shape index (κ1) is 11.6. The summed E-state index contributed by atoms with van der Waals surface area (Å²) >= 11 is 0. The molecule has 0 aliphatic heterocycles. The number of hydrogen-bond acceptors (Lipinski definition) is 3. The van der Waals surface area contributed by atoms with Gasteiger partial charge in [0, 0.05) is 25.2 Å². The van der Waals surface area contributed by atoms with Crippen LogP contribution < -0.4 is 5.73 Å². The lowest BCUT2D eigenvalue weighted by molar-refractivity contribution is 0.0996. The summed E-state index contributed by atoms with van der Waals surface area (Å²) in [6.45, 7) is 0.808. The molecule has 4 nitrogen and oxygen atoms in total. The van der Waals surface area contributed by atoms with Gasteiger partial charge in [0.1, 0.15) is 0 Å². The predicted octanol–water partition coefficient (Wildman–Crippen LogP) is 0.700. The topological polar surface area (TPSA) is 64.1 Å². The van der Waals surface area contributed by atoms with Gasteiger partial charge in [-0.25, -0.2) is 0 Å². The van der Waals surface area contributed by atoms with Crippen LogP contribution in [-0.2, 0) is 13.5 Å². The lowest BCUT2D eigenvalue weighted by Gasteiger charge is -2.30. The molecule has 1 aliphatic rings. The van der Waals surface area contributed by atoms with Gasteiger partial charge in [-0.15, -0.1) is 0 Å². The highest BCUT2D eigenvalue weighted by Crippen LogP contribution is 2.47. The van der Waals surface area contributed by atoms with E-state index >= 15 is 0 Å². The van der Waals surface area contributed by atoms with Crippen molar-refractivity contribution >= 4 is 0 Å². The molecule has 1 saturated carbocycles. The van der Waals surface area contributed by atoms with Crippen LogP contribution in [-0.4, -0.2) is 28.0 Å². The van der Waals surface area contributed by atoms with Crippen molar-refractivity contribution in [1.82, 2.24) is 9.78 Å². The maximum absolute atomic E-state index is 9.57. The van der Waals surface area contributed by atoms with Crippen molar-refractivity contribution in [2.45, 2.75) is 25.7 Å². The Kier molecular flexibility index (Phi) is 3.30. The average Bonchev–Trinajstić information content (AvgIpc) is 3.06. The number of aromatic nitrogens is 2. The van der Waals surface area contributed by atoms with Gasteiger partial charge >= 0.3 is 0 Å². The van der Waals surface area contributed by atoms with Gasteiger partial charge in [0.05, 0.1) is 12.8 Å². The quantitative estimate of drug-likeness (QED) is 0.746. The third-order valence-electron chi connectivity index (χ3n) is 3.83. The average molecular weight is 223 g/mol. The Morgan fingerprint density at radius 1 is 1.62 bits per heavy atom. The molecule has 16 heavy (non-hydrogen) atoms. The van der Waals surface area contributed by atoms with Gasteiger partial charge < -0.3 is 10.8 Å². The first-order valence-electron chi connectivity index (χ1n) is 5.98. The molecule has 0 amide bonds. The lowest BCUT2D eigenvalue weighted by atomic mass is 9.78. The SMILES string of the molecule is Cn1cc(CCC(CN)(CO)C2CC2)cn1. The number of nitrogens with two attached hydrogens (primary N) is 1. The van der Waals surface area contributed by atoms with Crippen molar-refractivity contribution in [2.24, 2.45) is 24.1 Å². The third-order valence-corrected chi connectivity index (χ3v) is 3.83. The minimum atomic E-state index is -0.0458. The molecule has 1 fully saturated rings. The number of hydrogen-bond donors (Lipinski definition) is 2. The number of aryl methyl sites for hydroxylation is 2. The van der Waals surface area contributed by atoms with E-state index in [1.807, 2.05) is 24.1 Å². The number of nitrogens with zero attached hydrogens (tertiary/aromatic N) is 2. The van der Waals surface area contributed by atoms with Gasteiger partial charge in [0.15, 0.2) is 0 Å². The highest BCUT2D eigenvalue weighted by molar-refractivity contribution is 5.06. The second-order valence-corrected chi connectivity index (χ2v) is 5.02. The monoisotopic (exact) mass is 223 g/mol. The Labute approximate surface area is 96.5 Å². The zero-order valence-corrected chi connectivity index (χ0v) is 9.89. The summed E-state index contributed by atoms with van der Waals surface area (Å²) in [6.07, 6.45) is 8.31. The molecule has 1 atom stereocenters. The number of aliphatic hydroxyl groups excluding tert-OH is 1. The van der Waals surface area contributed by atoms with Gasteiger partial charge in [-0.2, -0.15) is 5.10 Å². The molecular weight excluding hydrogens is 202 g/mol. The van der Waals surface area contributed by atoms with E-state index in [1.54, 1.807) is 0 Å². The van der Waals surface area contributed by atoms with E-state index in [-0.39, 0.29) is 12.0 Å². The second-order valence-electron chi connectivity index (χ2n) is 5.02. The van der Waals surface area contributed by atoms with Gasteiger partial charge in [-0.05, 0) is 37.2 Å². The van der Waals surface area contributed by atoms with E-state index in [1.165, 1.54) is 18.4 Å². The molecule has 1 unspecified atom stereocenters. The van der Waals surface area contributed by atoms with Crippen LogP contribution >= 0.6 is 0 Å². The van der Waals surface area contributed by atoms with E-state index < -0.39 is 0 Å². The zero-order chi connectivity index (χ0) is 11.6. The fourth-order valence-electron chi connectivity index (χ4n) is 2.44. The van der Waals surface area contributed by atoms with E-state index in [4.69, 9.17) is 5.73 Å². The Morgan fingerprint density at radius 2 is 2.38 bits per heavy atom. The van der Waals surface area contributed by atoms with Gasteiger partial charge in [0.2, 0.25) is 0 Å². The maximum Gasteiger partial charge on any atom is 0.0521 e. The molecule has 0 spiro atoms. The van der Waals surface area contributed by atoms with Crippen LogP contribution in [0.2, 0.25) is 0 Å². The molecule has 0 aromatic carbocycles.